The van der Waals surface area contributed by atoms with Crippen LogP contribution >= 0.6 is 23.2 Å². The van der Waals surface area contributed by atoms with E-state index in [0.717, 1.165) is 0 Å². The van der Waals surface area contributed by atoms with E-state index in [-0.39, 0.29) is 50.4 Å². The lowest BCUT2D eigenvalue weighted by Gasteiger charge is -2.15. The molecule has 0 aliphatic heterocycles. The zero-order valence-corrected chi connectivity index (χ0v) is 15.1. The Bertz CT molecular complexity index is 836. The van der Waals surface area contributed by atoms with Gasteiger partial charge in [0.15, 0.2) is 0 Å². The van der Waals surface area contributed by atoms with Gasteiger partial charge in [-0.3, -0.25) is 4.79 Å². The van der Waals surface area contributed by atoms with E-state index in [1.165, 1.54) is 18.2 Å². The molecular formula is C18H16Cl2F2O3. The SMILES string of the molecule is CC(C)c1c(O)ccc(Cc2c(Cl)cc(CC(=O)O)c(F)c2Cl)c1F. The monoisotopic (exact) mass is 388 g/mol. The van der Waals surface area contributed by atoms with Crippen molar-refractivity contribution >= 4 is 29.2 Å². The fourth-order valence-electron chi connectivity index (χ4n) is 2.64. The zero-order valence-electron chi connectivity index (χ0n) is 13.5. The molecule has 2 aromatic carbocycles. The van der Waals surface area contributed by atoms with E-state index >= 15 is 0 Å². The molecule has 0 saturated carbocycles. The predicted molar refractivity (Wildman–Crippen MR) is 92.7 cm³/mol. The van der Waals surface area contributed by atoms with Gasteiger partial charge in [-0.25, -0.2) is 8.78 Å². The van der Waals surface area contributed by atoms with Crippen molar-refractivity contribution in [3.8, 4) is 5.75 Å². The van der Waals surface area contributed by atoms with E-state index in [0.29, 0.717) is 0 Å². The summed E-state index contributed by atoms with van der Waals surface area (Å²) in [5.41, 5.74) is 0.387. The molecule has 2 rings (SSSR count). The molecule has 0 aliphatic rings. The first-order valence-electron chi connectivity index (χ1n) is 7.50. The molecule has 0 aliphatic carbocycles. The van der Waals surface area contributed by atoms with E-state index in [1.54, 1.807) is 13.8 Å². The predicted octanol–water partition coefficient (Wildman–Crippen LogP) is 5.32. The normalized spacial score (nSPS) is 11.2. The molecule has 0 radical (unpaired) electrons. The molecule has 7 heteroatoms. The smallest absolute Gasteiger partial charge is 0.307 e. The number of rotatable bonds is 5. The minimum Gasteiger partial charge on any atom is -0.508 e. The van der Waals surface area contributed by atoms with Crippen molar-refractivity contribution in [2.24, 2.45) is 0 Å². The third-order valence-corrected chi connectivity index (χ3v) is 4.58. The summed E-state index contributed by atoms with van der Waals surface area (Å²) in [6.07, 6.45) is -0.648. The van der Waals surface area contributed by atoms with Crippen LogP contribution in [0.3, 0.4) is 0 Å². The summed E-state index contributed by atoms with van der Waals surface area (Å²) in [7, 11) is 0. The Hall–Kier alpha value is -1.85. The average Bonchev–Trinajstić information content (AvgIpc) is 2.50. The number of phenolic OH excluding ortho intramolecular Hbond substituents is 1. The number of carboxylic acids is 1. The molecule has 0 fully saturated rings. The van der Waals surface area contributed by atoms with Crippen LogP contribution in [0, 0.1) is 11.6 Å². The second-order valence-electron chi connectivity index (χ2n) is 6.00. The number of phenols is 1. The number of carboxylic acid groups (broad SMARTS) is 1. The summed E-state index contributed by atoms with van der Waals surface area (Å²) in [4.78, 5) is 10.8. The molecule has 0 aromatic heterocycles. The van der Waals surface area contributed by atoms with Crippen molar-refractivity contribution in [3.05, 3.63) is 62.1 Å². The van der Waals surface area contributed by atoms with Gasteiger partial charge in [0.1, 0.15) is 17.4 Å². The minimum atomic E-state index is -1.22. The van der Waals surface area contributed by atoms with Crippen LogP contribution in [0.25, 0.3) is 0 Å². The van der Waals surface area contributed by atoms with Crippen LogP contribution in [0.2, 0.25) is 10.0 Å². The number of halogens is 4. The van der Waals surface area contributed by atoms with E-state index in [4.69, 9.17) is 28.3 Å². The maximum atomic E-state index is 14.7. The van der Waals surface area contributed by atoms with Gasteiger partial charge in [-0.2, -0.15) is 0 Å². The molecule has 0 heterocycles. The van der Waals surface area contributed by atoms with Crippen LogP contribution in [0.15, 0.2) is 18.2 Å². The van der Waals surface area contributed by atoms with Gasteiger partial charge in [-0.1, -0.05) is 43.1 Å². The molecule has 3 nitrogen and oxygen atoms in total. The molecule has 0 saturated heterocycles. The Labute approximate surface area is 153 Å². The number of hydrogen-bond acceptors (Lipinski definition) is 2. The lowest BCUT2D eigenvalue weighted by molar-refractivity contribution is -0.136. The van der Waals surface area contributed by atoms with Gasteiger partial charge >= 0.3 is 5.97 Å². The molecule has 0 unspecified atom stereocenters. The second-order valence-corrected chi connectivity index (χ2v) is 6.78. The van der Waals surface area contributed by atoms with Crippen LogP contribution < -0.4 is 0 Å². The zero-order chi connectivity index (χ0) is 18.9. The fraction of sp³-hybridized carbons (Fsp3) is 0.278. The lowest BCUT2D eigenvalue weighted by atomic mass is 9.95. The molecule has 0 bridgehead atoms. The maximum Gasteiger partial charge on any atom is 0.307 e. The van der Waals surface area contributed by atoms with Crippen molar-refractivity contribution in [2.45, 2.75) is 32.6 Å². The van der Waals surface area contributed by atoms with Crippen LogP contribution in [0.1, 0.15) is 42.0 Å². The molecule has 25 heavy (non-hydrogen) atoms. The molecule has 0 amide bonds. The number of aromatic hydroxyl groups is 1. The van der Waals surface area contributed by atoms with E-state index in [1.807, 2.05) is 0 Å². The fourth-order valence-corrected chi connectivity index (χ4v) is 3.27. The number of hydrogen-bond donors (Lipinski definition) is 2. The van der Waals surface area contributed by atoms with Gasteiger partial charge in [-0.05, 0) is 29.2 Å². The Morgan fingerprint density at radius 1 is 1.16 bits per heavy atom. The van der Waals surface area contributed by atoms with Crippen molar-refractivity contribution in [3.63, 3.8) is 0 Å². The van der Waals surface area contributed by atoms with Crippen molar-refractivity contribution in [1.82, 2.24) is 0 Å². The molecule has 0 spiro atoms. The summed E-state index contributed by atoms with van der Waals surface area (Å²) in [5, 5.41) is 18.3. The van der Waals surface area contributed by atoms with Crippen molar-refractivity contribution in [1.29, 1.82) is 0 Å². The number of carbonyl (C=O) groups is 1. The highest BCUT2D eigenvalue weighted by Crippen LogP contribution is 2.35. The summed E-state index contributed by atoms with van der Waals surface area (Å²) in [6.45, 7) is 3.48. The van der Waals surface area contributed by atoms with Crippen molar-refractivity contribution < 1.29 is 23.8 Å². The van der Waals surface area contributed by atoms with Crippen LogP contribution in [0.5, 0.6) is 5.75 Å². The van der Waals surface area contributed by atoms with E-state index < -0.39 is 24.0 Å². The molecular weight excluding hydrogens is 373 g/mol. The Morgan fingerprint density at radius 3 is 2.36 bits per heavy atom. The minimum absolute atomic E-state index is 0.0567. The van der Waals surface area contributed by atoms with Gasteiger partial charge in [-0.15, -0.1) is 0 Å². The molecule has 2 aromatic rings. The first kappa shape index (κ1) is 19.5. The van der Waals surface area contributed by atoms with Crippen LogP contribution in [-0.4, -0.2) is 16.2 Å². The second kappa shape index (κ2) is 7.58. The Balaban J connectivity index is 2.50. The Kier molecular flexibility index (Phi) is 5.91. The molecule has 134 valence electrons. The maximum absolute atomic E-state index is 14.7. The standard InChI is InChI=1S/C18H16Cl2F2O3/c1-8(2)15-13(23)4-3-9(17(15)21)5-11-12(19)6-10(7-14(24)25)18(22)16(11)20/h3-4,6,8,23H,5,7H2,1-2H3,(H,24,25). The van der Waals surface area contributed by atoms with Gasteiger partial charge in [0, 0.05) is 22.6 Å². The van der Waals surface area contributed by atoms with Crippen LogP contribution in [-0.2, 0) is 17.6 Å². The summed E-state index contributed by atoms with van der Waals surface area (Å²) >= 11 is 12.1. The number of benzene rings is 2. The first-order valence-corrected chi connectivity index (χ1v) is 8.26. The highest BCUT2D eigenvalue weighted by atomic mass is 35.5. The van der Waals surface area contributed by atoms with E-state index in [2.05, 4.69) is 0 Å². The van der Waals surface area contributed by atoms with E-state index in [9.17, 15) is 18.7 Å². The largest absolute Gasteiger partial charge is 0.508 e. The average molecular weight is 389 g/mol. The highest BCUT2D eigenvalue weighted by molar-refractivity contribution is 6.36. The van der Waals surface area contributed by atoms with Gasteiger partial charge in [0.05, 0.1) is 11.4 Å². The summed E-state index contributed by atoms with van der Waals surface area (Å²) in [6, 6.07) is 3.94. The summed E-state index contributed by atoms with van der Waals surface area (Å²) in [5.74, 6) is -3.11. The van der Waals surface area contributed by atoms with Gasteiger partial charge < -0.3 is 10.2 Å². The Morgan fingerprint density at radius 2 is 1.80 bits per heavy atom. The number of aliphatic carboxylic acids is 1. The molecule has 2 N–H and O–H groups in total. The highest BCUT2D eigenvalue weighted by Gasteiger charge is 2.21. The third kappa shape index (κ3) is 4.05. The topological polar surface area (TPSA) is 57.5 Å². The lowest BCUT2D eigenvalue weighted by Crippen LogP contribution is -2.06. The summed E-state index contributed by atoms with van der Waals surface area (Å²) < 4.78 is 29.0. The van der Waals surface area contributed by atoms with Gasteiger partial charge in [0.2, 0.25) is 0 Å². The third-order valence-electron chi connectivity index (χ3n) is 3.85. The quantitative estimate of drug-likeness (QED) is 0.681. The first-order chi connectivity index (χ1) is 11.6. The molecule has 0 atom stereocenters. The van der Waals surface area contributed by atoms with Crippen LogP contribution in [0.4, 0.5) is 8.78 Å². The van der Waals surface area contributed by atoms with Crippen molar-refractivity contribution in [2.75, 3.05) is 0 Å². The van der Waals surface area contributed by atoms with Gasteiger partial charge in [0.25, 0.3) is 0 Å².